The summed E-state index contributed by atoms with van der Waals surface area (Å²) in [6.45, 7) is 1.60. The number of aryl methyl sites for hydroxylation is 2. The molecule has 6 aromatic rings. The highest BCUT2D eigenvalue weighted by atomic mass is 35.5. The molecule has 2 aromatic carbocycles. The van der Waals surface area contributed by atoms with E-state index in [2.05, 4.69) is 20.4 Å². The fraction of sp³-hybridized carbons (Fsp3) is 0.368. The Morgan fingerprint density at radius 3 is 2.66 bits per heavy atom. The fourth-order valence-corrected chi connectivity index (χ4v) is 9.95. The molecule has 4 aliphatic rings. The zero-order valence-corrected chi connectivity index (χ0v) is 30.6. The Hall–Kier alpha value is -5.84. The van der Waals surface area contributed by atoms with Gasteiger partial charge in [-0.3, -0.25) is 19.1 Å². The standard InChI is InChI=1S/C38H32ClF3N10O4/c1-17-32(54)30(44-16-43-17)35(56)50-10-9-37(22-6-8-27(22)50)23-13-21(23)31-29(37)34(55)52-36(46-33(48-52)18-3-4-19-14-49(2)47-26(19)11-18)51(31)15-28(53)45-25-7-5-20(12-24(25)39)38(40,41)42/h3-5,7,11-12,14,16,21-23,27,54H,6,8-10,13,15H2,1-2H3,(H,45,53)/t21-,22+,23+,27-,37?/m0/s1. The van der Waals surface area contributed by atoms with E-state index >= 15 is 0 Å². The van der Waals surface area contributed by atoms with Crippen LogP contribution in [-0.4, -0.2) is 73.3 Å². The first-order chi connectivity index (χ1) is 26.7. The number of benzene rings is 2. The summed E-state index contributed by atoms with van der Waals surface area (Å²) in [6.07, 6.45) is 1.25. The van der Waals surface area contributed by atoms with Crippen molar-refractivity contribution in [3.8, 4) is 17.1 Å². The molecule has 1 aliphatic heterocycles. The average molecular weight is 785 g/mol. The van der Waals surface area contributed by atoms with E-state index in [4.69, 9.17) is 21.7 Å². The number of aromatic hydroxyl groups is 1. The number of likely N-dealkylation sites (tertiary alicyclic amines) is 1. The Morgan fingerprint density at radius 1 is 1.09 bits per heavy atom. The van der Waals surface area contributed by atoms with E-state index in [1.165, 1.54) is 10.8 Å². The molecule has 10 rings (SSSR count). The summed E-state index contributed by atoms with van der Waals surface area (Å²) in [5.41, 5.74) is 0.920. The third kappa shape index (κ3) is 4.95. The minimum Gasteiger partial charge on any atom is -0.504 e. The zero-order valence-electron chi connectivity index (χ0n) is 29.9. The lowest BCUT2D eigenvalue weighted by Gasteiger charge is -2.58. The number of fused-ring (bicyclic) bond motifs is 9. The van der Waals surface area contributed by atoms with E-state index < -0.39 is 23.1 Å². The van der Waals surface area contributed by atoms with Crippen LogP contribution in [0.15, 0.2) is 53.7 Å². The minimum absolute atomic E-state index is 0.00392. The molecular formula is C38H32ClF3N10O4. The first-order valence-electron chi connectivity index (χ1n) is 18.2. The van der Waals surface area contributed by atoms with Gasteiger partial charge in [-0.05, 0) is 68.7 Å². The number of rotatable bonds is 5. The number of carbonyl (C=O) groups is 2. The molecule has 56 heavy (non-hydrogen) atoms. The summed E-state index contributed by atoms with van der Waals surface area (Å²) in [5.74, 6) is -0.884. The molecule has 2 N–H and O–H groups in total. The van der Waals surface area contributed by atoms with Crippen molar-refractivity contribution in [3.05, 3.63) is 92.5 Å². The van der Waals surface area contributed by atoms with Gasteiger partial charge in [0.15, 0.2) is 17.3 Å². The maximum absolute atomic E-state index is 14.9. The molecule has 2 amide bonds. The average Bonchev–Trinajstić information content (AvgIpc) is 3.51. The molecule has 2 saturated carbocycles. The maximum Gasteiger partial charge on any atom is 0.416 e. The quantitative estimate of drug-likeness (QED) is 0.238. The largest absolute Gasteiger partial charge is 0.504 e. The molecule has 0 bridgehead atoms. The highest BCUT2D eigenvalue weighted by Crippen LogP contribution is 2.72. The van der Waals surface area contributed by atoms with Gasteiger partial charge in [-0.1, -0.05) is 23.7 Å². The third-order valence-corrected chi connectivity index (χ3v) is 12.7. The molecule has 14 nitrogen and oxygen atoms in total. The van der Waals surface area contributed by atoms with Crippen molar-refractivity contribution >= 4 is 45.8 Å². The number of piperidine rings is 1. The van der Waals surface area contributed by atoms with Gasteiger partial charge >= 0.3 is 6.18 Å². The van der Waals surface area contributed by atoms with Crippen molar-refractivity contribution in [2.45, 2.75) is 62.7 Å². The number of carbonyl (C=O) groups excluding carboxylic acids is 2. The van der Waals surface area contributed by atoms with Crippen molar-refractivity contribution in [2.24, 2.45) is 18.9 Å². The molecule has 5 atom stereocenters. The highest BCUT2D eigenvalue weighted by Gasteiger charge is 2.70. The van der Waals surface area contributed by atoms with E-state index in [0.717, 1.165) is 36.4 Å². The highest BCUT2D eigenvalue weighted by molar-refractivity contribution is 6.33. The number of aromatic nitrogens is 8. The minimum atomic E-state index is -4.61. The number of nitrogens with zero attached hydrogens (tertiary/aromatic N) is 9. The normalized spacial score (nSPS) is 23.6. The van der Waals surface area contributed by atoms with Crippen LogP contribution in [0, 0.1) is 18.8 Å². The first kappa shape index (κ1) is 34.6. The smallest absolute Gasteiger partial charge is 0.416 e. The van der Waals surface area contributed by atoms with Crippen molar-refractivity contribution in [1.29, 1.82) is 0 Å². The molecule has 18 heteroatoms. The van der Waals surface area contributed by atoms with E-state index in [1.54, 1.807) is 21.1 Å². The Labute approximate surface area is 319 Å². The SMILES string of the molecule is Cc1ncnc(C(=O)N2CCC3(c4c(n(CC(=O)Nc5ccc(C(F)(F)F)cc5Cl)c5nc(-c6ccc7cn(C)nc7c6)nn5c4=O)[C@H]4C[C@H]43)[C@@H]3CC[C@@H]32)c1O. The summed E-state index contributed by atoms with van der Waals surface area (Å²) < 4.78 is 44.7. The molecule has 0 radical (unpaired) electrons. The second kappa shape index (κ2) is 11.8. The Balaban J connectivity index is 1.08. The van der Waals surface area contributed by atoms with Gasteiger partial charge in [0.05, 0.1) is 27.5 Å². The molecule has 3 fully saturated rings. The van der Waals surface area contributed by atoms with Gasteiger partial charge in [0, 0.05) is 59.4 Å². The van der Waals surface area contributed by atoms with E-state index in [1.807, 2.05) is 31.4 Å². The number of amides is 2. The summed E-state index contributed by atoms with van der Waals surface area (Å²) in [4.78, 5) is 57.3. The summed E-state index contributed by atoms with van der Waals surface area (Å²) >= 11 is 6.21. The topological polar surface area (TPSA) is 165 Å². The zero-order chi connectivity index (χ0) is 39.0. The summed E-state index contributed by atoms with van der Waals surface area (Å²) in [7, 11) is 1.81. The van der Waals surface area contributed by atoms with E-state index in [0.29, 0.717) is 47.4 Å². The lowest BCUT2D eigenvalue weighted by Crippen LogP contribution is -2.64. The van der Waals surface area contributed by atoms with Gasteiger partial charge in [0.2, 0.25) is 11.7 Å². The van der Waals surface area contributed by atoms with Gasteiger partial charge in [-0.25, -0.2) is 9.97 Å². The number of halogens is 4. The lowest BCUT2D eigenvalue weighted by molar-refractivity contribution is -0.137. The van der Waals surface area contributed by atoms with Crippen LogP contribution in [0.3, 0.4) is 0 Å². The molecule has 5 heterocycles. The van der Waals surface area contributed by atoms with Gasteiger partial charge < -0.3 is 19.9 Å². The predicted molar refractivity (Wildman–Crippen MR) is 195 cm³/mol. The molecule has 4 aromatic heterocycles. The van der Waals surface area contributed by atoms with Crippen molar-refractivity contribution in [3.63, 3.8) is 0 Å². The van der Waals surface area contributed by atoms with Gasteiger partial charge in [0.25, 0.3) is 11.5 Å². The Morgan fingerprint density at radius 2 is 1.91 bits per heavy atom. The molecule has 286 valence electrons. The van der Waals surface area contributed by atoms with Crippen LogP contribution >= 0.6 is 11.6 Å². The third-order valence-electron chi connectivity index (χ3n) is 12.3. The number of anilines is 1. The number of alkyl halides is 3. The molecular weight excluding hydrogens is 753 g/mol. The van der Waals surface area contributed by atoms with E-state index in [9.17, 15) is 32.7 Å². The van der Waals surface area contributed by atoms with Crippen LogP contribution in [0.4, 0.5) is 18.9 Å². The molecule has 1 unspecified atom stereocenters. The molecule has 1 saturated heterocycles. The second-order valence-corrected chi connectivity index (χ2v) is 15.7. The van der Waals surface area contributed by atoms with Gasteiger partial charge in [-0.15, -0.1) is 5.10 Å². The van der Waals surface area contributed by atoms with Crippen LogP contribution in [0.5, 0.6) is 5.75 Å². The molecule has 3 aliphatic carbocycles. The summed E-state index contributed by atoms with van der Waals surface area (Å²) in [6, 6.07) is 8.05. The first-order valence-corrected chi connectivity index (χ1v) is 18.6. The van der Waals surface area contributed by atoms with Gasteiger partial charge in [-0.2, -0.15) is 27.8 Å². The summed E-state index contributed by atoms with van der Waals surface area (Å²) in [5, 5.41) is 23.2. The van der Waals surface area contributed by atoms with Crippen molar-refractivity contribution < 1.29 is 27.9 Å². The Bertz CT molecular complexity index is 2760. The van der Waals surface area contributed by atoms with Crippen LogP contribution in [0.25, 0.3) is 28.1 Å². The number of hydrogen-bond acceptors (Lipinski definition) is 9. The van der Waals surface area contributed by atoms with Crippen LogP contribution in [0.2, 0.25) is 5.02 Å². The molecule has 1 spiro atoms. The Kier molecular flexibility index (Phi) is 7.32. The van der Waals surface area contributed by atoms with Crippen molar-refractivity contribution in [2.75, 3.05) is 11.9 Å². The lowest BCUT2D eigenvalue weighted by atomic mass is 9.54. The second-order valence-electron chi connectivity index (χ2n) is 15.3. The van der Waals surface area contributed by atoms with E-state index in [-0.39, 0.29) is 75.6 Å². The van der Waals surface area contributed by atoms with Crippen LogP contribution < -0.4 is 10.9 Å². The van der Waals surface area contributed by atoms with Crippen LogP contribution in [-0.2, 0) is 30.0 Å². The number of nitrogens with one attached hydrogen (secondary N) is 1. The van der Waals surface area contributed by atoms with Crippen molar-refractivity contribution in [1.82, 2.24) is 43.8 Å². The predicted octanol–water partition coefficient (Wildman–Crippen LogP) is 5.24. The van der Waals surface area contributed by atoms with Gasteiger partial charge in [0.1, 0.15) is 12.9 Å². The number of hydrogen-bond donors (Lipinski definition) is 2. The fourth-order valence-electron chi connectivity index (χ4n) is 9.73. The monoisotopic (exact) mass is 784 g/mol. The maximum atomic E-state index is 14.9. The van der Waals surface area contributed by atoms with Crippen LogP contribution in [0.1, 0.15) is 64.6 Å².